The van der Waals surface area contributed by atoms with Gasteiger partial charge in [0.2, 0.25) is 0 Å². The van der Waals surface area contributed by atoms with Crippen LogP contribution in [0.15, 0.2) is 24.8 Å². The largest absolute Gasteiger partial charge is 0.419 e. The summed E-state index contributed by atoms with van der Waals surface area (Å²) in [6, 6.07) is 2.83. The Morgan fingerprint density at radius 3 is 2.29 bits per heavy atom. The number of rotatable bonds is 1. The standard InChI is InChI=1S/C10H8F4/c1-6(2)7-3-4-9(11)8(5-7)10(12,13)14/h3-5H,1H2,2H3. The first-order valence-electron chi connectivity index (χ1n) is 3.85. The molecule has 0 N–H and O–H groups in total. The number of benzene rings is 1. The second-order valence-corrected chi connectivity index (χ2v) is 2.97. The molecule has 0 spiro atoms. The molecule has 0 bridgehead atoms. The molecule has 0 aliphatic rings. The van der Waals surface area contributed by atoms with Gasteiger partial charge >= 0.3 is 6.18 Å². The van der Waals surface area contributed by atoms with Crippen molar-refractivity contribution >= 4 is 5.57 Å². The van der Waals surface area contributed by atoms with E-state index in [-0.39, 0.29) is 0 Å². The molecule has 1 aromatic carbocycles. The highest BCUT2D eigenvalue weighted by Gasteiger charge is 2.34. The van der Waals surface area contributed by atoms with E-state index in [0.717, 1.165) is 12.1 Å². The minimum absolute atomic E-state index is 0.290. The fourth-order valence-corrected chi connectivity index (χ4v) is 1.01. The van der Waals surface area contributed by atoms with Crippen LogP contribution in [0.2, 0.25) is 0 Å². The van der Waals surface area contributed by atoms with Gasteiger partial charge in [0.05, 0.1) is 5.56 Å². The van der Waals surface area contributed by atoms with Crippen molar-refractivity contribution in [1.82, 2.24) is 0 Å². The van der Waals surface area contributed by atoms with Gasteiger partial charge in [-0.3, -0.25) is 0 Å². The molecule has 76 valence electrons. The van der Waals surface area contributed by atoms with Gasteiger partial charge in [0.1, 0.15) is 5.82 Å². The average Bonchev–Trinajstić information content (AvgIpc) is 2.02. The monoisotopic (exact) mass is 204 g/mol. The van der Waals surface area contributed by atoms with Crippen LogP contribution in [-0.4, -0.2) is 0 Å². The zero-order valence-electron chi connectivity index (χ0n) is 7.45. The van der Waals surface area contributed by atoms with Gasteiger partial charge < -0.3 is 0 Å². The summed E-state index contributed by atoms with van der Waals surface area (Å²) in [7, 11) is 0. The lowest BCUT2D eigenvalue weighted by molar-refractivity contribution is -0.140. The van der Waals surface area contributed by atoms with Crippen molar-refractivity contribution < 1.29 is 17.6 Å². The topological polar surface area (TPSA) is 0 Å². The predicted molar refractivity (Wildman–Crippen MR) is 46.1 cm³/mol. The van der Waals surface area contributed by atoms with Gasteiger partial charge in [0, 0.05) is 0 Å². The molecule has 0 amide bonds. The minimum Gasteiger partial charge on any atom is -0.206 e. The van der Waals surface area contributed by atoms with E-state index in [9.17, 15) is 17.6 Å². The molecule has 14 heavy (non-hydrogen) atoms. The Morgan fingerprint density at radius 1 is 1.29 bits per heavy atom. The smallest absolute Gasteiger partial charge is 0.206 e. The molecule has 0 fully saturated rings. The molecule has 0 unspecified atom stereocenters. The lowest BCUT2D eigenvalue weighted by Crippen LogP contribution is -2.08. The molecule has 0 heterocycles. The Labute approximate surface area is 78.9 Å². The van der Waals surface area contributed by atoms with Gasteiger partial charge in [-0.05, 0) is 24.6 Å². The zero-order valence-corrected chi connectivity index (χ0v) is 7.45. The van der Waals surface area contributed by atoms with Crippen molar-refractivity contribution in [1.29, 1.82) is 0 Å². The second-order valence-electron chi connectivity index (χ2n) is 2.97. The van der Waals surface area contributed by atoms with E-state index in [4.69, 9.17) is 0 Å². The molecule has 0 aliphatic carbocycles. The van der Waals surface area contributed by atoms with E-state index in [0.29, 0.717) is 11.1 Å². The number of allylic oxidation sites excluding steroid dienone is 1. The quantitative estimate of drug-likeness (QED) is 0.609. The van der Waals surface area contributed by atoms with E-state index in [1.165, 1.54) is 6.07 Å². The maximum atomic E-state index is 12.8. The summed E-state index contributed by atoms with van der Waals surface area (Å²) in [5.41, 5.74) is -0.493. The number of alkyl halides is 3. The van der Waals surface area contributed by atoms with E-state index in [1.807, 2.05) is 0 Å². The van der Waals surface area contributed by atoms with Crippen molar-refractivity contribution in [2.75, 3.05) is 0 Å². The van der Waals surface area contributed by atoms with Gasteiger partial charge in [0.15, 0.2) is 0 Å². The fraction of sp³-hybridized carbons (Fsp3) is 0.200. The van der Waals surface area contributed by atoms with Crippen LogP contribution in [0.4, 0.5) is 17.6 Å². The van der Waals surface area contributed by atoms with E-state index < -0.39 is 17.6 Å². The molecule has 0 saturated carbocycles. The summed E-state index contributed by atoms with van der Waals surface area (Å²) >= 11 is 0. The highest BCUT2D eigenvalue weighted by Crippen LogP contribution is 2.32. The lowest BCUT2D eigenvalue weighted by Gasteiger charge is -2.09. The summed E-state index contributed by atoms with van der Waals surface area (Å²) in [6.45, 7) is 5.05. The first-order valence-corrected chi connectivity index (χ1v) is 3.85. The van der Waals surface area contributed by atoms with Gasteiger partial charge in [-0.15, -0.1) is 0 Å². The maximum absolute atomic E-state index is 12.8. The van der Waals surface area contributed by atoms with Crippen LogP contribution in [0.3, 0.4) is 0 Å². The van der Waals surface area contributed by atoms with E-state index >= 15 is 0 Å². The molecule has 0 aromatic heterocycles. The van der Waals surface area contributed by atoms with Crippen LogP contribution in [0.1, 0.15) is 18.1 Å². The van der Waals surface area contributed by atoms with Gasteiger partial charge in [-0.1, -0.05) is 18.2 Å². The molecule has 0 atom stereocenters. The highest BCUT2D eigenvalue weighted by molar-refractivity contribution is 5.62. The summed E-state index contributed by atoms with van der Waals surface area (Å²) < 4.78 is 49.4. The highest BCUT2D eigenvalue weighted by atomic mass is 19.4. The number of halogens is 4. The van der Waals surface area contributed by atoms with Gasteiger partial charge in [-0.25, -0.2) is 4.39 Å². The zero-order chi connectivity index (χ0) is 10.9. The first-order chi connectivity index (χ1) is 6.32. The van der Waals surface area contributed by atoms with Crippen LogP contribution in [0.25, 0.3) is 5.57 Å². The second kappa shape index (κ2) is 3.44. The summed E-state index contributed by atoms with van der Waals surface area (Å²) in [6.07, 6.45) is -4.66. The van der Waals surface area contributed by atoms with E-state index in [1.54, 1.807) is 6.92 Å². The summed E-state index contributed by atoms with van der Waals surface area (Å²) in [5, 5.41) is 0. The normalized spacial score (nSPS) is 11.5. The third-order valence-corrected chi connectivity index (χ3v) is 1.76. The Bertz CT molecular complexity index is 363. The van der Waals surface area contributed by atoms with Crippen LogP contribution < -0.4 is 0 Å². The molecule has 0 radical (unpaired) electrons. The van der Waals surface area contributed by atoms with Crippen molar-refractivity contribution in [3.05, 3.63) is 41.7 Å². The molecule has 1 aromatic rings. The number of hydrogen-bond donors (Lipinski definition) is 0. The SMILES string of the molecule is C=C(C)c1ccc(F)c(C(F)(F)F)c1. The van der Waals surface area contributed by atoms with Crippen LogP contribution >= 0.6 is 0 Å². The Kier molecular flexibility index (Phi) is 2.64. The van der Waals surface area contributed by atoms with Crippen molar-refractivity contribution in [3.63, 3.8) is 0 Å². The van der Waals surface area contributed by atoms with Crippen LogP contribution in [-0.2, 0) is 6.18 Å². The molecule has 4 heteroatoms. The number of hydrogen-bond acceptors (Lipinski definition) is 0. The average molecular weight is 204 g/mol. The molecule has 0 nitrogen and oxygen atoms in total. The molecule has 0 saturated heterocycles. The van der Waals surface area contributed by atoms with Gasteiger partial charge in [-0.2, -0.15) is 13.2 Å². The third-order valence-electron chi connectivity index (χ3n) is 1.76. The van der Waals surface area contributed by atoms with Crippen LogP contribution in [0.5, 0.6) is 0 Å². The maximum Gasteiger partial charge on any atom is 0.419 e. The van der Waals surface area contributed by atoms with Crippen molar-refractivity contribution in [2.24, 2.45) is 0 Å². The third kappa shape index (κ3) is 2.13. The minimum atomic E-state index is -4.66. The molecule has 1 rings (SSSR count). The van der Waals surface area contributed by atoms with Crippen molar-refractivity contribution in [3.8, 4) is 0 Å². The lowest BCUT2D eigenvalue weighted by atomic mass is 10.1. The predicted octanol–water partition coefficient (Wildman–Crippen LogP) is 3.88. The van der Waals surface area contributed by atoms with E-state index in [2.05, 4.69) is 6.58 Å². The van der Waals surface area contributed by atoms with Crippen molar-refractivity contribution in [2.45, 2.75) is 13.1 Å². The fourth-order valence-electron chi connectivity index (χ4n) is 1.01. The molecule has 0 aliphatic heterocycles. The molecular weight excluding hydrogens is 196 g/mol. The molecular formula is C10H8F4. The Balaban J connectivity index is 3.29. The first kappa shape index (κ1) is 10.8. The van der Waals surface area contributed by atoms with Crippen LogP contribution in [0, 0.1) is 5.82 Å². The summed E-state index contributed by atoms with van der Waals surface area (Å²) in [5.74, 6) is -1.26. The Morgan fingerprint density at radius 2 is 1.86 bits per heavy atom. The Hall–Kier alpha value is -1.32. The van der Waals surface area contributed by atoms with Gasteiger partial charge in [0.25, 0.3) is 0 Å². The summed E-state index contributed by atoms with van der Waals surface area (Å²) in [4.78, 5) is 0.